The fourth-order valence-electron chi connectivity index (χ4n) is 1.96. The first-order valence-electron chi connectivity index (χ1n) is 5.36. The Hall–Kier alpha value is -2.08. The Labute approximate surface area is 98.5 Å². The van der Waals surface area contributed by atoms with Crippen molar-refractivity contribution in [2.24, 2.45) is 0 Å². The summed E-state index contributed by atoms with van der Waals surface area (Å²) in [6.07, 6.45) is 5.34. The fourth-order valence-corrected chi connectivity index (χ4v) is 1.96. The number of pyridine rings is 1. The first-order valence-corrected chi connectivity index (χ1v) is 5.36. The molecule has 1 N–H and O–H groups in total. The van der Waals surface area contributed by atoms with Crippen molar-refractivity contribution in [2.45, 2.75) is 19.8 Å². The van der Waals surface area contributed by atoms with Crippen LogP contribution in [0, 0.1) is 18.2 Å². The van der Waals surface area contributed by atoms with Gasteiger partial charge in [-0.15, -0.1) is 6.42 Å². The maximum absolute atomic E-state index is 13.6. The van der Waals surface area contributed by atoms with Gasteiger partial charge in [0.2, 0.25) is 5.56 Å². The average molecular weight is 229 g/mol. The summed E-state index contributed by atoms with van der Waals surface area (Å²) in [5.74, 6) is 2.03. The summed E-state index contributed by atoms with van der Waals surface area (Å²) >= 11 is 0. The highest BCUT2D eigenvalue weighted by Gasteiger charge is 2.13. The smallest absolute Gasteiger partial charge is 0.248 e. The SMILES string of the molecule is C#Cc1c(F)ccc2[nH]c(=O)cc(C(C)C)c12. The lowest BCUT2D eigenvalue weighted by Gasteiger charge is -2.11. The van der Waals surface area contributed by atoms with Crippen molar-refractivity contribution in [1.29, 1.82) is 0 Å². The zero-order valence-electron chi connectivity index (χ0n) is 9.67. The Morgan fingerprint density at radius 3 is 2.71 bits per heavy atom. The van der Waals surface area contributed by atoms with Crippen molar-refractivity contribution in [1.82, 2.24) is 4.98 Å². The van der Waals surface area contributed by atoms with Crippen LogP contribution < -0.4 is 5.56 Å². The molecule has 2 rings (SSSR count). The van der Waals surface area contributed by atoms with Crippen LogP contribution in [0.2, 0.25) is 0 Å². The molecular formula is C14H12FNO. The van der Waals surface area contributed by atoms with Gasteiger partial charge in [-0.25, -0.2) is 4.39 Å². The van der Waals surface area contributed by atoms with Crippen LogP contribution in [0.1, 0.15) is 30.9 Å². The topological polar surface area (TPSA) is 32.9 Å². The summed E-state index contributed by atoms with van der Waals surface area (Å²) in [7, 11) is 0. The van der Waals surface area contributed by atoms with E-state index in [2.05, 4.69) is 10.9 Å². The number of rotatable bonds is 1. The normalized spacial score (nSPS) is 10.8. The quantitative estimate of drug-likeness (QED) is 0.749. The molecule has 0 bridgehead atoms. The minimum absolute atomic E-state index is 0.105. The van der Waals surface area contributed by atoms with Gasteiger partial charge in [-0.05, 0) is 23.6 Å². The number of halogens is 1. The Kier molecular flexibility index (Phi) is 2.72. The highest BCUT2D eigenvalue weighted by molar-refractivity contribution is 5.88. The van der Waals surface area contributed by atoms with E-state index >= 15 is 0 Å². The van der Waals surface area contributed by atoms with Crippen LogP contribution in [0.3, 0.4) is 0 Å². The third-order valence-electron chi connectivity index (χ3n) is 2.75. The highest BCUT2D eigenvalue weighted by atomic mass is 19.1. The Morgan fingerprint density at radius 1 is 1.41 bits per heavy atom. The zero-order valence-corrected chi connectivity index (χ0v) is 9.67. The molecule has 0 aliphatic heterocycles. The van der Waals surface area contributed by atoms with Crippen molar-refractivity contribution >= 4 is 10.9 Å². The van der Waals surface area contributed by atoms with E-state index in [-0.39, 0.29) is 17.0 Å². The maximum Gasteiger partial charge on any atom is 0.248 e. The Bertz CT molecular complexity index is 677. The molecule has 2 aromatic rings. The number of nitrogens with one attached hydrogen (secondary N) is 1. The highest BCUT2D eigenvalue weighted by Crippen LogP contribution is 2.27. The standard InChI is InChI=1S/C14H12FNO/c1-4-9-11(15)5-6-12-14(9)10(8(2)3)7-13(17)16-12/h1,5-8H,2-3H3,(H,16,17). The number of fused-ring (bicyclic) bond motifs is 1. The number of aromatic nitrogens is 1. The van der Waals surface area contributed by atoms with E-state index in [0.29, 0.717) is 10.9 Å². The first-order chi connectivity index (χ1) is 8.04. The number of benzene rings is 1. The van der Waals surface area contributed by atoms with E-state index in [1.165, 1.54) is 12.1 Å². The third-order valence-corrected chi connectivity index (χ3v) is 2.75. The zero-order chi connectivity index (χ0) is 12.6. The molecule has 0 amide bonds. The third kappa shape index (κ3) is 1.83. The molecule has 1 heterocycles. The lowest BCUT2D eigenvalue weighted by atomic mass is 9.95. The molecule has 3 heteroatoms. The van der Waals surface area contributed by atoms with E-state index < -0.39 is 5.82 Å². The molecule has 0 spiro atoms. The summed E-state index contributed by atoms with van der Waals surface area (Å²) in [4.78, 5) is 14.2. The largest absolute Gasteiger partial charge is 0.322 e. The van der Waals surface area contributed by atoms with Gasteiger partial charge < -0.3 is 4.98 Å². The summed E-state index contributed by atoms with van der Waals surface area (Å²) < 4.78 is 13.6. The lowest BCUT2D eigenvalue weighted by molar-refractivity contribution is 0.626. The summed E-state index contributed by atoms with van der Waals surface area (Å²) in [5, 5.41) is 0.627. The monoisotopic (exact) mass is 229 g/mol. The Balaban J connectivity index is 3.03. The fraction of sp³-hybridized carbons (Fsp3) is 0.214. The van der Waals surface area contributed by atoms with Crippen molar-refractivity contribution in [2.75, 3.05) is 0 Å². The second-order valence-electron chi connectivity index (χ2n) is 4.23. The van der Waals surface area contributed by atoms with Gasteiger partial charge in [-0.3, -0.25) is 4.79 Å². The molecule has 1 aromatic heterocycles. The number of hydrogen-bond acceptors (Lipinski definition) is 1. The van der Waals surface area contributed by atoms with Crippen molar-refractivity contribution in [3.8, 4) is 12.3 Å². The van der Waals surface area contributed by atoms with Crippen LogP contribution in [0.4, 0.5) is 4.39 Å². The van der Waals surface area contributed by atoms with Crippen LogP contribution >= 0.6 is 0 Å². The number of terminal acetylenes is 1. The second kappa shape index (κ2) is 4.06. The van der Waals surface area contributed by atoms with E-state index in [9.17, 15) is 9.18 Å². The molecule has 0 radical (unpaired) electrons. The predicted molar refractivity (Wildman–Crippen MR) is 66.6 cm³/mol. The molecule has 0 aliphatic rings. The molecule has 0 unspecified atom stereocenters. The van der Waals surface area contributed by atoms with Crippen LogP contribution in [-0.2, 0) is 0 Å². The minimum Gasteiger partial charge on any atom is -0.322 e. The van der Waals surface area contributed by atoms with Crippen LogP contribution in [0.15, 0.2) is 23.0 Å². The van der Waals surface area contributed by atoms with Gasteiger partial charge in [0.1, 0.15) is 5.82 Å². The van der Waals surface area contributed by atoms with Gasteiger partial charge in [-0.2, -0.15) is 0 Å². The van der Waals surface area contributed by atoms with Crippen molar-refractivity contribution in [3.63, 3.8) is 0 Å². The number of H-pyrrole nitrogens is 1. The minimum atomic E-state index is -0.436. The van der Waals surface area contributed by atoms with Gasteiger partial charge >= 0.3 is 0 Å². The van der Waals surface area contributed by atoms with Crippen molar-refractivity contribution in [3.05, 3.63) is 45.5 Å². The van der Waals surface area contributed by atoms with Gasteiger partial charge in [-0.1, -0.05) is 19.8 Å². The predicted octanol–water partition coefficient (Wildman–Crippen LogP) is 2.77. The van der Waals surface area contributed by atoms with Gasteiger partial charge in [0.15, 0.2) is 0 Å². The van der Waals surface area contributed by atoms with Gasteiger partial charge in [0.05, 0.1) is 11.1 Å². The summed E-state index contributed by atoms with van der Waals surface area (Å²) in [5.41, 5.74) is 1.37. The molecule has 2 nitrogen and oxygen atoms in total. The molecule has 0 aliphatic carbocycles. The second-order valence-corrected chi connectivity index (χ2v) is 4.23. The van der Waals surface area contributed by atoms with E-state index in [0.717, 1.165) is 5.56 Å². The Morgan fingerprint density at radius 2 is 2.12 bits per heavy atom. The first kappa shape index (κ1) is 11.4. The molecule has 0 atom stereocenters. The van der Waals surface area contributed by atoms with Gasteiger partial charge in [0, 0.05) is 11.5 Å². The van der Waals surface area contributed by atoms with E-state index in [1.54, 1.807) is 6.07 Å². The van der Waals surface area contributed by atoms with Crippen molar-refractivity contribution < 1.29 is 4.39 Å². The van der Waals surface area contributed by atoms with Gasteiger partial charge in [0.25, 0.3) is 0 Å². The molecule has 1 aromatic carbocycles. The molecular weight excluding hydrogens is 217 g/mol. The van der Waals surface area contributed by atoms with Crippen LogP contribution in [0.5, 0.6) is 0 Å². The van der Waals surface area contributed by atoms with Crippen LogP contribution in [0.25, 0.3) is 10.9 Å². The maximum atomic E-state index is 13.6. The molecule has 86 valence electrons. The summed E-state index contributed by atoms with van der Waals surface area (Å²) in [6.45, 7) is 3.89. The molecule has 0 fully saturated rings. The number of hydrogen-bond donors (Lipinski definition) is 1. The number of aromatic amines is 1. The van der Waals surface area contributed by atoms with E-state index in [4.69, 9.17) is 6.42 Å². The average Bonchev–Trinajstić information content (AvgIpc) is 2.28. The lowest BCUT2D eigenvalue weighted by Crippen LogP contribution is -2.09. The molecule has 0 saturated heterocycles. The summed E-state index contributed by atoms with van der Waals surface area (Å²) in [6, 6.07) is 4.30. The van der Waals surface area contributed by atoms with Crippen LogP contribution in [-0.4, -0.2) is 4.98 Å². The molecule has 0 saturated carbocycles. The van der Waals surface area contributed by atoms with E-state index in [1.807, 2.05) is 13.8 Å². The molecule has 17 heavy (non-hydrogen) atoms.